The SMILES string of the molecule is CCOC(=O)CCC(=O)c1cc2c(F)c(OCCO)c(OC)cc2s1. The molecule has 0 atom stereocenters. The highest BCUT2D eigenvalue weighted by molar-refractivity contribution is 7.20. The number of esters is 1. The third kappa shape index (κ3) is 4.46. The lowest BCUT2D eigenvalue weighted by atomic mass is 10.1. The molecule has 8 heteroatoms. The molecule has 0 spiro atoms. The summed E-state index contributed by atoms with van der Waals surface area (Å²) in [4.78, 5) is 23.9. The number of aliphatic hydroxyl groups is 1. The lowest BCUT2D eigenvalue weighted by molar-refractivity contribution is -0.143. The van der Waals surface area contributed by atoms with Crippen molar-refractivity contribution in [2.45, 2.75) is 19.8 Å². The zero-order valence-electron chi connectivity index (χ0n) is 14.0. The highest BCUT2D eigenvalue weighted by atomic mass is 32.1. The van der Waals surface area contributed by atoms with E-state index in [0.29, 0.717) is 9.58 Å². The van der Waals surface area contributed by atoms with Crippen LogP contribution in [0.25, 0.3) is 10.1 Å². The Balaban J connectivity index is 2.27. The first-order valence-corrected chi connectivity index (χ1v) is 8.56. The van der Waals surface area contributed by atoms with Gasteiger partial charge in [0.25, 0.3) is 0 Å². The van der Waals surface area contributed by atoms with Gasteiger partial charge in [0.15, 0.2) is 23.1 Å². The van der Waals surface area contributed by atoms with Crippen LogP contribution >= 0.6 is 11.3 Å². The molecule has 0 aliphatic heterocycles. The molecule has 136 valence electrons. The number of thiophene rings is 1. The fourth-order valence-corrected chi connectivity index (χ4v) is 3.30. The largest absolute Gasteiger partial charge is 0.493 e. The van der Waals surface area contributed by atoms with E-state index in [0.717, 1.165) is 11.3 Å². The van der Waals surface area contributed by atoms with Crippen molar-refractivity contribution in [3.8, 4) is 11.5 Å². The molecule has 1 heterocycles. The molecule has 0 aliphatic rings. The van der Waals surface area contributed by atoms with Crippen molar-refractivity contribution in [1.29, 1.82) is 0 Å². The summed E-state index contributed by atoms with van der Waals surface area (Å²) in [7, 11) is 1.38. The second-order valence-corrected chi connectivity index (χ2v) is 6.13. The van der Waals surface area contributed by atoms with E-state index in [-0.39, 0.29) is 55.3 Å². The van der Waals surface area contributed by atoms with Crippen LogP contribution in [0.1, 0.15) is 29.4 Å². The minimum Gasteiger partial charge on any atom is -0.493 e. The Morgan fingerprint density at radius 2 is 2.04 bits per heavy atom. The molecule has 0 aliphatic carbocycles. The number of carbonyl (C=O) groups excluding carboxylic acids is 2. The highest BCUT2D eigenvalue weighted by Gasteiger charge is 2.20. The summed E-state index contributed by atoms with van der Waals surface area (Å²) in [5.74, 6) is -1.27. The molecule has 0 amide bonds. The molecular formula is C17H19FO6S. The first kappa shape index (κ1) is 19.1. The van der Waals surface area contributed by atoms with Gasteiger partial charge in [0.2, 0.25) is 0 Å². The molecule has 0 radical (unpaired) electrons. The summed E-state index contributed by atoms with van der Waals surface area (Å²) in [5, 5.41) is 9.08. The van der Waals surface area contributed by atoms with Crippen molar-refractivity contribution in [1.82, 2.24) is 0 Å². The van der Waals surface area contributed by atoms with E-state index < -0.39 is 11.8 Å². The van der Waals surface area contributed by atoms with Crippen LogP contribution < -0.4 is 9.47 Å². The number of rotatable bonds is 9. The lowest BCUT2D eigenvalue weighted by Gasteiger charge is -2.11. The van der Waals surface area contributed by atoms with Gasteiger partial charge in [-0.3, -0.25) is 9.59 Å². The zero-order chi connectivity index (χ0) is 18.4. The van der Waals surface area contributed by atoms with E-state index in [4.69, 9.17) is 19.3 Å². The van der Waals surface area contributed by atoms with Gasteiger partial charge in [-0.15, -0.1) is 11.3 Å². The van der Waals surface area contributed by atoms with E-state index in [1.165, 1.54) is 13.2 Å². The number of carbonyl (C=O) groups is 2. The fourth-order valence-electron chi connectivity index (χ4n) is 2.24. The van der Waals surface area contributed by atoms with Gasteiger partial charge in [-0.1, -0.05) is 0 Å². The molecule has 0 bridgehead atoms. The fraction of sp³-hybridized carbons (Fsp3) is 0.412. The molecular weight excluding hydrogens is 351 g/mol. The van der Waals surface area contributed by atoms with Gasteiger partial charge in [-0.05, 0) is 13.0 Å². The number of fused-ring (bicyclic) bond motifs is 1. The second-order valence-electron chi connectivity index (χ2n) is 5.04. The van der Waals surface area contributed by atoms with Crippen molar-refractivity contribution in [2.75, 3.05) is 26.9 Å². The summed E-state index contributed by atoms with van der Waals surface area (Å²) >= 11 is 1.12. The normalized spacial score (nSPS) is 10.7. The van der Waals surface area contributed by atoms with Crippen LogP contribution in [-0.2, 0) is 9.53 Å². The Labute approximate surface area is 148 Å². The minimum absolute atomic E-state index is 0.00171. The summed E-state index contributed by atoms with van der Waals surface area (Å²) < 4.78 is 30.3. The number of ether oxygens (including phenoxy) is 3. The Morgan fingerprint density at radius 3 is 2.68 bits per heavy atom. The van der Waals surface area contributed by atoms with Crippen LogP contribution in [0.3, 0.4) is 0 Å². The summed E-state index contributed by atoms with van der Waals surface area (Å²) in [5.41, 5.74) is 0. The van der Waals surface area contributed by atoms with Crippen molar-refractivity contribution in [3.05, 3.63) is 22.8 Å². The number of hydrogen-bond acceptors (Lipinski definition) is 7. The minimum atomic E-state index is -0.650. The summed E-state index contributed by atoms with van der Waals surface area (Å²) in [6.07, 6.45) is -0.0180. The average Bonchev–Trinajstić information content (AvgIpc) is 3.03. The van der Waals surface area contributed by atoms with Crippen LogP contribution in [0.4, 0.5) is 4.39 Å². The summed E-state index contributed by atoms with van der Waals surface area (Å²) in [6, 6.07) is 3.02. The number of Topliss-reactive ketones (excluding diaryl/α,β-unsaturated/α-hetero) is 1. The monoisotopic (exact) mass is 370 g/mol. The first-order chi connectivity index (χ1) is 12.0. The molecule has 0 saturated heterocycles. The number of hydrogen-bond donors (Lipinski definition) is 1. The van der Waals surface area contributed by atoms with Gasteiger partial charge in [0.1, 0.15) is 6.61 Å². The van der Waals surface area contributed by atoms with E-state index in [9.17, 15) is 14.0 Å². The number of aliphatic hydroxyl groups excluding tert-OH is 1. The molecule has 6 nitrogen and oxygen atoms in total. The van der Waals surface area contributed by atoms with Crippen molar-refractivity contribution in [3.63, 3.8) is 0 Å². The second kappa shape index (κ2) is 8.77. The van der Waals surface area contributed by atoms with E-state index in [2.05, 4.69) is 0 Å². The smallest absolute Gasteiger partial charge is 0.306 e. The Hall–Kier alpha value is -2.19. The standard InChI is InChI=1S/C17H19FO6S/c1-3-23-15(21)5-4-11(20)14-8-10-13(25-14)9-12(22-2)17(16(10)18)24-7-6-19/h8-9,19H,3-7H2,1-2H3. The zero-order valence-corrected chi connectivity index (χ0v) is 14.8. The Kier molecular flexibility index (Phi) is 6.72. The first-order valence-electron chi connectivity index (χ1n) is 7.74. The van der Waals surface area contributed by atoms with Crippen molar-refractivity contribution >= 4 is 33.2 Å². The predicted molar refractivity (Wildman–Crippen MR) is 91.1 cm³/mol. The lowest BCUT2D eigenvalue weighted by Crippen LogP contribution is -2.07. The maximum atomic E-state index is 14.7. The third-order valence-corrected chi connectivity index (χ3v) is 4.50. The summed E-state index contributed by atoms with van der Waals surface area (Å²) in [6.45, 7) is 1.62. The topological polar surface area (TPSA) is 82.1 Å². The van der Waals surface area contributed by atoms with E-state index in [1.807, 2.05) is 0 Å². The molecule has 0 unspecified atom stereocenters. The van der Waals surface area contributed by atoms with Crippen LogP contribution in [0.15, 0.2) is 12.1 Å². The number of methoxy groups -OCH3 is 1. The van der Waals surface area contributed by atoms with Gasteiger partial charge < -0.3 is 19.3 Å². The molecule has 25 heavy (non-hydrogen) atoms. The number of ketones is 1. The molecule has 0 saturated carbocycles. The molecule has 1 aromatic heterocycles. The quantitative estimate of drug-likeness (QED) is 0.540. The number of benzene rings is 1. The molecule has 1 N–H and O–H groups in total. The Morgan fingerprint density at radius 1 is 1.28 bits per heavy atom. The van der Waals surface area contributed by atoms with Crippen molar-refractivity contribution < 1.29 is 33.3 Å². The molecule has 0 fully saturated rings. The molecule has 2 rings (SSSR count). The Bertz CT molecular complexity index is 770. The van der Waals surface area contributed by atoms with Gasteiger partial charge in [-0.2, -0.15) is 0 Å². The molecule has 2 aromatic rings. The van der Waals surface area contributed by atoms with Crippen LogP contribution in [0.5, 0.6) is 11.5 Å². The van der Waals surface area contributed by atoms with Gasteiger partial charge in [-0.25, -0.2) is 4.39 Å². The molecule has 1 aromatic carbocycles. The van der Waals surface area contributed by atoms with Crippen LogP contribution in [0, 0.1) is 5.82 Å². The number of halogens is 1. The van der Waals surface area contributed by atoms with E-state index >= 15 is 0 Å². The maximum Gasteiger partial charge on any atom is 0.306 e. The van der Waals surface area contributed by atoms with Crippen molar-refractivity contribution in [2.24, 2.45) is 0 Å². The average molecular weight is 370 g/mol. The maximum absolute atomic E-state index is 14.7. The van der Waals surface area contributed by atoms with Crippen LogP contribution in [0.2, 0.25) is 0 Å². The third-order valence-electron chi connectivity index (χ3n) is 3.38. The van der Waals surface area contributed by atoms with E-state index in [1.54, 1.807) is 13.0 Å². The highest BCUT2D eigenvalue weighted by Crippen LogP contribution is 2.40. The predicted octanol–water partition coefficient (Wildman–Crippen LogP) is 2.95. The van der Waals surface area contributed by atoms with Crippen LogP contribution in [-0.4, -0.2) is 43.8 Å². The van der Waals surface area contributed by atoms with Gasteiger partial charge in [0.05, 0.1) is 31.6 Å². The van der Waals surface area contributed by atoms with Gasteiger partial charge in [0, 0.05) is 22.6 Å². The van der Waals surface area contributed by atoms with Gasteiger partial charge >= 0.3 is 5.97 Å².